The van der Waals surface area contributed by atoms with Gasteiger partial charge in [-0.05, 0) is 69.7 Å². The lowest BCUT2D eigenvalue weighted by molar-refractivity contribution is -0.143. The third kappa shape index (κ3) is 3.71. The van der Waals surface area contributed by atoms with Crippen LogP contribution in [0.1, 0.15) is 46.5 Å². The van der Waals surface area contributed by atoms with Crippen LogP contribution in [-0.4, -0.2) is 42.9 Å². The molecule has 0 spiro atoms. The molecule has 0 atom stereocenters. The molecule has 5 heteroatoms. The first kappa shape index (κ1) is 18.7. The molecule has 2 aliphatic rings. The molecule has 2 fully saturated rings. The lowest BCUT2D eigenvalue weighted by atomic mass is 9.96. The van der Waals surface area contributed by atoms with Crippen LogP contribution in [0.15, 0.2) is 24.3 Å². The fourth-order valence-electron chi connectivity index (χ4n) is 3.77. The molecule has 5 nitrogen and oxygen atoms in total. The number of carbonyl (C=O) groups is 2. The van der Waals surface area contributed by atoms with Crippen LogP contribution in [0.4, 0.5) is 11.4 Å². The summed E-state index contributed by atoms with van der Waals surface area (Å²) < 4.78 is 0. The summed E-state index contributed by atoms with van der Waals surface area (Å²) in [5.41, 5.74) is 1.09. The Labute approximate surface area is 156 Å². The quantitative estimate of drug-likeness (QED) is 0.793. The van der Waals surface area contributed by atoms with Crippen molar-refractivity contribution in [1.82, 2.24) is 4.90 Å². The number of likely N-dealkylation sites (tertiary alicyclic amines) is 1. The van der Waals surface area contributed by atoms with E-state index in [1.807, 2.05) is 29.2 Å². The molecule has 0 unspecified atom stereocenters. The molecule has 1 aliphatic heterocycles. The second-order valence-corrected chi connectivity index (χ2v) is 7.73. The summed E-state index contributed by atoms with van der Waals surface area (Å²) >= 11 is 0. The van der Waals surface area contributed by atoms with E-state index in [0.29, 0.717) is 18.8 Å². The summed E-state index contributed by atoms with van der Waals surface area (Å²) in [7, 11) is 0. The first-order valence-corrected chi connectivity index (χ1v) is 9.96. The van der Waals surface area contributed by atoms with Gasteiger partial charge in [0.1, 0.15) is 5.41 Å². The largest absolute Gasteiger partial charge is 0.372 e. The molecule has 1 aromatic carbocycles. The number of anilines is 2. The number of benzene rings is 1. The van der Waals surface area contributed by atoms with E-state index >= 15 is 0 Å². The van der Waals surface area contributed by atoms with E-state index in [2.05, 4.69) is 31.0 Å². The molecule has 1 aromatic rings. The molecular weight excluding hydrogens is 326 g/mol. The predicted molar refractivity (Wildman–Crippen MR) is 105 cm³/mol. The molecular formula is C21H31N3O2. The number of nitrogens with one attached hydrogen (secondary N) is 1. The normalized spacial score (nSPS) is 19.1. The lowest BCUT2D eigenvalue weighted by Crippen LogP contribution is -2.46. The summed E-state index contributed by atoms with van der Waals surface area (Å²) in [6.07, 6.45) is 3.41. The summed E-state index contributed by atoms with van der Waals surface area (Å²) in [6.45, 7) is 9.96. The molecule has 3 rings (SSSR count). The third-order valence-electron chi connectivity index (χ3n) is 5.92. The average Bonchev–Trinajstić information content (AvgIpc) is 3.46. The van der Waals surface area contributed by atoms with Crippen molar-refractivity contribution in [1.29, 1.82) is 0 Å². The van der Waals surface area contributed by atoms with Crippen LogP contribution in [0.5, 0.6) is 0 Å². The summed E-state index contributed by atoms with van der Waals surface area (Å²) in [5, 5.41) is 2.97. The van der Waals surface area contributed by atoms with Crippen LogP contribution >= 0.6 is 0 Å². The summed E-state index contributed by atoms with van der Waals surface area (Å²) in [4.78, 5) is 29.9. The number of rotatable bonds is 6. The maximum atomic E-state index is 12.9. The molecule has 1 saturated carbocycles. The van der Waals surface area contributed by atoms with Crippen LogP contribution in [0.3, 0.4) is 0 Å². The van der Waals surface area contributed by atoms with Crippen molar-refractivity contribution in [3.63, 3.8) is 0 Å². The van der Waals surface area contributed by atoms with Crippen molar-refractivity contribution in [2.45, 2.75) is 46.5 Å². The Hall–Kier alpha value is -2.04. The Balaban J connectivity index is 1.63. The Morgan fingerprint density at radius 2 is 1.69 bits per heavy atom. The van der Waals surface area contributed by atoms with Crippen LogP contribution in [0.25, 0.3) is 0 Å². The maximum absolute atomic E-state index is 12.9. The van der Waals surface area contributed by atoms with E-state index in [4.69, 9.17) is 0 Å². The van der Waals surface area contributed by atoms with E-state index < -0.39 is 5.41 Å². The standard InChI is InChI=1S/C21H31N3O2/c1-4-23(5-2)18-8-6-17(7-9-18)22-19(25)21(12-13-21)20(26)24-14-10-16(3)11-15-24/h6-9,16H,4-5,10-15H2,1-3H3,(H,22,25). The predicted octanol–water partition coefficient (Wildman–Crippen LogP) is 3.51. The maximum Gasteiger partial charge on any atom is 0.240 e. The van der Waals surface area contributed by atoms with Gasteiger partial charge in [-0.3, -0.25) is 9.59 Å². The smallest absolute Gasteiger partial charge is 0.240 e. The van der Waals surface area contributed by atoms with Gasteiger partial charge in [-0.1, -0.05) is 6.92 Å². The Kier molecular flexibility index (Phi) is 5.54. The first-order valence-electron chi connectivity index (χ1n) is 9.96. The highest BCUT2D eigenvalue weighted by Gasteiger charge is 2.58. The topological polar surface area (TPSA) is 52.7 Å². The van der Waals surface area contributed by atoms with Gasteiger partial charge in [0.25, 0.3) is 0 Å². The van der Waals surface area contributed by atoms with E-state index in [0.717, 1.165) is 50.4 Å². The van der Waals surface area contributed by atoms with Crippen molar-refractivity contribution in [2.24, 2.45) is 11.3 Å². The molecule has 26 heavy (non-hydrogen) atoms. The molecule has 0 bridgehead atoms. The number of nitrogens with zero attached hydrogens (tertiary/aromatic N) is 2. The molecule has 1 heterocycles. The zero-order chi connectivity index (χ0) is 18.7. The second kappa shape index (κ2) is 7.68. The number of piperidine rings is 1. The van der Waals surface area contributed by atoms with Crippen LogP contribution in [0.2, 0.25) is 0 Å². The van der Waals surface area contributed by atoms with Crippen molar-refractivity contribution >= 4 is 23.2 Å². The van der Waals surface area contributed by atoms with Crippen molar-refractivity contribution in [2.75, 3.05) is 36.4 Å². The molecule has 142 valence electrons. The third-order valence-corrected chi connectivity index (χ3v) is 5.92. The van der Waals surface area contributed by atoms with E-state index in [1.165, 1.54) is 0 Å². The molecule has 1 aliphatic carbocycles. The minimum absolute atomic E-state index is 0.0293. The van der Waals surface area contributed by atoms with Crippen LogP contribution in [0, 0.1) is 11.3 Å². The zero-order valence-corrected chi connectivity index (χ0v) is 16.3. The molecule has 0 aromatic heterocycles. The van der Waals surface area contributed by atoms with Crippen LogP contribution in [-0.2, 0) is 9.59 Å². The summed E-state index contributed by atoms with van der Waals surface area (Å²) in [5.74, 6) is 0.561. The minimum Gasteiger partial charge on any atom is -0.372 e. The van der Waals surface area contributed by atoms with Gasteiger partial charge in [0.15, 0.2) is 0 Å². The molecule has 2 amide bonds. The SMILES string of the molecule is CCN(CC)c1ccc(NC(=O)C2(C(=O)N3CCC(C)CC3)CC2)cc1. The van der Waals surface area contributed by atoms with E-state index in [-0.39, 0.29) is 11.8 Å². The van der Waals surface area contributed by atoms with Gasteiger partial charge in [-0.2, -0.15) is 0 Å². The second-order valence-electron chi connectivity index (χ2n) is 7.73. The van der Waals surface area contributed by atoms with Gasteiger partial charge in [0.2, 0.25) is 11.8 Å². The lowest BCUT2D eigenvalue weighted by Gasteiger charge is -2.32. The number of hydrogen-bond donors (Lipinski definition) is 1. The van der Waals surface area contributed by atoms with Crippen molar-refractivity contribution < 1.29 is 9.59 Å². The van der Waals surface area contributed by atoms with E-state index in [9.17, 15) is 9.59 Å². The first-order chi connectivity index (χ1) is 12.5. The number of carbonyl (C=O) groups excluding carboxylic acids is 2. The molecule has 0 radical (unpaired) electrons. The van der Waals surface area contributed by atoms with Gasteiger partial charge in [0.05, 0.1) is 0 Å². The van der Waals surface area contributed by atoms with Crippen LogP contribution < -0.4 is 10.2 Å². The Morgan fingerprint density at radius 3 is 2.19 bits per heavy atom. The Bertz CT molecular complexity index is 640. The summed E-state index contributed by atoms with van der Waals surface area (Å²) in [6, 6.07) is 7.90. The van der Waals surface area contributed by atoms with Crippen molar-refractivity contribution in [3.8, 4) is 0 Å². The molecule has 1 N–H and O–H groups in total. The zero-order valence-electron chi connectivity index (χ0n) is 16.3. The number of hydrogen-bond acceptors (Lipinski definition) is 3. The van der Waals surface area contributed by atoms with Gasteiger partial charge >= 0.3 is 0 Å². The highest BCUT2D eigenvalue weighted by molar-refractivity contribution is 6.13. The van der Waals surface area contributed by atoms with Gasteiger partial charge in [-0.15, -0.1) is 0 Å². The minimum atomic E-state index is -0.821. The monoisotopic (exact) mass is 357 g/mol. The number of amides is 2. The molecule has 1 saturated heterocycles. The highest BCUT2D eigenvalue weighted by atomic mass is 16.2. The fraction of sp³-hybridized carbons (Fsp3) is 0.619. The van der Waals surface area contributed by atoms with Crippen molar-refractivity contribution in [3.05, 3.63) is 24.3 Å². The van der Waals surface area contributed by atoms with E-state index in [1.54, 1.807) is 0 Å². The van der Waals surface area contributed by atoms with Gasteiger partial charge in [-0.25, -0.2) is 0 Å². The van der Waals surface area contributed by atoms with Gasteiger partial charge < -0.3 is 15.1 Å². The highest BCUT2D eigenvalue weighted by Crippen LogP contribution is 2.48. The fourth-order valence-corrected chi connectivity index (χ4v) is 3.77. The van der Waals surface area contributed by atoms with Gasteiger partial charge in [0, 0.05) is 37.6 Å². The Morgan fingerprint density at radius 1 is 1.12 bits per heavy atom. The average molecular weight is 357 g/mol.